The Bertz CT molecular complexity index is 1220. The van der Waals surface area contributed by atoms with Crippen molar-refractivity contribution in [2.24, 2.45) is 10.9 Å². The Hall–Kier alpha value is -2.67. The summed E-state index contributed by atoms with van der Waals surface area (Å²) in [6, 6.07) is 3.55. The molecule has 1 spiro atoms. The van der Waals surface area contributed by atoms with E-state index in [0.29, 0.717) is 0 Å². The lowest BCUT2D eigenvalue weighted by Crippen LogP contribution is -2.51. The van der Waals surface area contributed by atoms with Crippen LogP contribution in [0.2, 0.25) is 0 Å². The summed E-state index contributed by atoms with van der Waals surface area (Å²) in [5.41, 5.74) is -1.92. The van der Waals surface area contributed by atoms with E-state index < -0.39 is 33.1 Å². The minimum atomic E-state index is -4.69. The quantitative estimate of drug-likeness (QED) is 0.499. The number of rotatable bonds is 8. The van der Waals surface area contributed by atoms with Gasteiger partial charge in [-0.05, 0) is 49.8 Å². The molecule has 4 rings (SSSR count). The lowest BCUT2D eigenvalue weighted by atomic mass is 9.88. The Morgan fingerprint density at radius 1 is 1.18 bits per heavy atom. The smallest absolute Gasteiger partial charge is 0.376 e. The molecule has 2 amide bonds. The molecule has 9 nitrogen and oxygen atoms in total. The van der Waals surface area contributed by atoms with Crippen LogP contribution in [0.5, 0.6) is 0 Å². The average Bonchev–Trinajstić information content (AvgIpc) is 3.21. The zero-order chi connectivity index (χ0) is 28.4. The number of nitrogens with zero attached hydrogens (tertiary/aromatic N) is 3. The summed E-state index contributed by atoms with van der Waals surface area (Å²) in [6.45, 7) is 0.0108. The molecular formula is C26H36F3N5O4S. The van der Waals surface area contributed by atoms with Gasteiger partial charge < -0.3 is 15.5 Å². The molecule has 2 heterocycles. The van der Waals surface area contributed by atoms with Gasteiger partial charge in [-0.15, -0.1) is 0 Å². The van der Waals surface area contributed by atoms with Gasteiger partial charge in [-0.3, -0.25) is 14.6 Å². The van der Waals surface area contributed by atoms with Crippen LogP contribution in [0.4, 0.5) is 18.9 Å². The minimum Gasteiger partial charge on any atom is -0.376 e. The second kappa shape index (κ2) is 11.4. The number of carbonyl (C=O) groups is 2. The number of sulfonamides is 1. The van der Waals surface area contributed by atoms with Gasteiger partial charge in [0.1, 0.15) is 11.4 Å². The molecule has 0 atom stereocenters. The Balaban J connectivity index is 1.39. The lowest BCUT2D eigenvalue weighted by molar-refractivity contribution is -0.138. The first-order valence-electron chi connectivity index (χ1n) is 13.3. The zero-order valence-corrected chi connectivity index (χ0v) is 23.1. The number of amides is 2. The van der Waals surface area contributed by atoms with Crippen LogP contribution in [0.1, 0.15) is 56.1 Å². The summed E-state index contributed by atoms with van der Waals surface area (Å²) >= 11 is 0. The summed E-state index contributed by atoms with van der Waals surface area (Å²) in [5.74, 6) is -0.0111. The molecule has 39 heavy (non-hydrogen) atoms. The summed E-state index contributed by atoms with van der Waals surface area (Å²) in [4.78, 5) is 30.7. The highest BCUT2D eigenvalue weighted by Crippen LogP contribution is 2.36. The van der Waals surface area contributed by atoms with E-state index in [2.05, 4.69) is 10.6 Å². The second-order valence-corrected chi connectivity index (χ2v) is 12.9. The van der Waals surface area contributed by atoms with Gasteiger partial charge in [0.25, 0.3) is 5.91 Å². The molecule has 1 aromatic carbocycles. The van der Waals surface area contributed by atoms with Crippen LogP contribution in [0.25, 0.3) is 0 Å². The van der Waals surface area contributed by atoms with E-state index >= 15 is 0 Å². The minimum absolute atomic E-state index is 0.0894. The van der Waals surface area contributed by atoms with Crippen LogP contribution < -0.4 is 10.6 Å². The van der Waals surface area contributed by atoms with E-state index in [0.717, 1.165) is 37.6 Å². The number of hydrogen-bond acceptors (Lipinski definition) is 6. The van der Waals surface area contributed by atoms with Gasteiger partial charge in [-0.2, -0.15) is 13.2 Å². The van der Waals surface area contributed by atoms with Crippen LogP contribution in [0.3, 0.4) is 0 Å². The summed E-state index contributed by atoms with van der Waals surface area (Å²) < 4.78 is 68.8. The molecule has 13 heteroatoms. The summed E-state index contributed by atoms with van der Waals surface area (Å²) in [7, 11) is -0.777. The van der Waals surface area contributed by atoms with Gasteiger partial charge >= 0.3 is 6.18 Å². The van der Waals surface area contributed by atoms with Crippen LogP contribution in [0, 0.1) is 5.92 Å². The van der Waals surface area contributed by atoms with Crippen molar-refractivity contribution in [3.05, 3.63) is 29.3 Å². The van der Waals surface area contributed by atoms with Crippen molar-refractivity contribution in [3.8, 4) is 0 Å². The monoisotopic (exact) mass is 571 g/mol. The number of likely N-dealkylation sites (N-methyl/N-ethyl adjacent to an activating group) is 1. The molecule has 0 radical (unpaired) electrons. The van der Waals surface area contributed by atoms with Gasteiger partial charge in [-0.1, -0.05) is 25.3 Å². The van der Waals surface area contributed by atoms with E-state index in [1.807, 2.05) is 0 Å². The SMILES string of the molecule is CN(C)C(=O)CNc1ccc(CCS(=O)(=O)N2CCC3(CC2)N=C(C2CCCCC2)NC3=O)c(C(F)(F)F)c1. The topological polar surface area (TPSA) is 111 Å². The predicted molar refractivity (Wildman–Crippen MR) is 142 cm³/mol. The third-order valence-corrected chi connectivity index (χ3v) is 9.79. The molecule has 216 valence electrons. The van der Waals surface area contributed by atoms with Crippen molar-refractivity contribution >= 4 is 33.4 Å². The fraction of sp³-hybridized carbons (Fsp3) is 0.654. The standard InChI is InChI=1S/C26H36F3N5O4S/c1-33(2)22(35)17-30-20-9-8-18(21(16-20)26(27,28)29)10-15-39(37,38)34-13-11-25(12-14-34)24(36)31-23(32-25)19-6-4-3-5-7-19/h8-9,16,19,30H,3-7,10-15,17H2,1-2H3,(H,31,32,36). The maximum Gasteiger partial charge on any atom is 0.416 e. The number of hydrogen-bond donors (Lipinski definition) is 2. The number of carbonyl (C=O) groups excluding carboxylic acids is 2. The Morgan fingerprint density at radius 3 is 2.46 bits per heavy atom. The maximum absolute atomic E-state index is 13.8. The first-order chi connectivity index (χ1) is 18.3. The number of piperidine rings is 1. The Kier molecular flexibility index (Phi) is 8.60. The molecule has 1 aromatic rings. The number of nitrogens with one attached hydrogen (secondary N) is 2. The van der Waals surface area contributed by atoms with E-state index in [1.54, 1.807) is 14.1 Å². The van der Waals surface area contributed by atoms with Crippen molar-refractivity contribution in [2.75, 3.05) is 44.8 Å². The number of benzene rings is 1. The van der Waals surface area contributed by atoms with E-state index in [-0.39, 0.29) is 67.9 Å². The number of alkyl halides is 3. The van der Waals surface area contributed by atoms with Crippen LogP contribution in [0.15, 0.2) is 23.2 Å². The van der Waals surface area contributed by atoms with Gasteiger partial charge in [0.2, 0.25) is 15.9 Å². The van der Waals surface area contributed by atoms with Crippen molar-refractivity contribution in [1.82, 2.24) is 14.5 Å². The molecule has 1 aliphatic carbocycles. The van der Waals surface area contributed by atoms with Crippen molar-refractivity contribution in [3.63, 3.8) is 0 Å². The normalized spacial score (nSPS) is 20.5. The lowest BCUT2D eigenvalue weighted by Gasteiger charge is -2.34. The third-order valence-electron chi connectivity index (χ3n) is 7.92. The van der Waals surface area contributed by atoms with Crippen LogP contribution in [-0.4, -0.2) is 80.3 Å². The van der Waals surface area contributed by atoms with Gasteiger partial charge in [-0.25, -0.2) is 12.7 Å². The van der Waals surface area contributed by atoms with Crippen molar-refractivity contribution < 1.29 is 31.2 Å². The zero-order valence-electron chi connectivity index (χ0n) is 22.3. The number of aryl methyl sites for hydroxylation is 1. The molecule has 1 saturated heterocycles. The van der Waals surface area contributed by atoms with E-state index in [4.69, 9.17) is 4.99 Å². The third kappa shape index (κ3) is 6.74. The number of anilines is 1. The fourth-order valence-corrected chi connectivity index (χ4v) is 6.93. The molecule has 2 N–H and O–H groups in total. The van der Waals surface area contributed by atoms with Gasteiger partial charge in [0, 0.05) is 38.8 Å². The highest BCUT2D eigenvalue weighted by Gasteiger charge is 2.48. The van der Waals surface area contributed by atoms with Crippen molar-refractivity contribution in [1.29, 1.82) is 0 Å². The first kappa shape index (κ1) is 29.3. The van der Waals surface area contributed by atoms with Crippen molar-refractivity contribution in [2.45, 2.75) is 63.1 Å². The predicted octanol–water partition coefficient (Wildman–Crippen LogP) is 3.02. The molecule has 1 saturated carbocycles. The van der Waals surface area contributed by atoms with Crippen LogP contribution in [-0.2, 0) is 32.2 Å². The molecule has 2 fully saturated rings. The molecule has 0 unspecified atom stereocenters. The highest BCUT2D eigenvalue weighted by atomic mass is 32.2. The molecule has 0 aromatic heterocycles. The number of amidine groups is 1. The van der Waals surface area contributed by atoms with E-state index in [9.17, 15) is 31.2 Å². The van der Waals surface area contributed by atoms with E-state index in [1.165, 1.54) is 27.8 Å². The second-order valence-electron chi connectivity index (χ2n) is 10.8. The Morgan fingerprint density at radius 2 is 1.85 bits per heavy atom. The number of halogens is 3. The first-order valence-corrected chi connectivity index (χ1v) is 14.9. The largest absolute Gasteiger partial charge is 0.416 e. The molecule has 2 aliphatic heterocycles. The fourth-order valence-electron chi connectivity index (χ4n) is 5.46. The summed E-state index contributed by atoms with van der Waals surface area (Å²) in [6.07, 6.45) is 0.834. The molecule has 0 bridgehead atoms. The van der Waals surface area contributed by atoms with Crippen LogP contribution >= 0.6 is 0 Å². The van der Waals surface area contributed by atoms with Gasteiger partial charge in [0.05, 0.1) is 17.9 Å². The summed E-state index contributed by atoms with van der Waals surface area (Å²) in [5, 5.41) is 5.62. The average molecular weight is 572 g/mol. The number of aliphatic imine (C=N–C) groups is 1. The molecular weight excluding hydrogens is 535 g/mol. The Labute approximate surface area is 227 Å². The maximum atomic E-state index is 13.8. The van der Waals surface area contributed by atoms with Gasteiger partial charge in [0.15, 0.2) is 0 Å². The highest BCUT2D eigenvalue weighted by molar-refractivity contribution is 7.89. The molecule has 3 aliphatic rings.